The molecule has 1 aliphatic rings. The van der Waals surface area contributed by atoms with E-state index < -0.39 is 5.97 Å². The standard InChI is InChI=1S/C8H15NO2.C6H5Cl2N/c10-8(11)4-7-9-5-2-1-3-6-9;7-5-2-1-4(9)3-6(5)8/h1-7H2,(H,10,11);1-3H,9H2. The molecule has 0 bridgehead atoms. The molecule has 4 nitrogen and oxygen atoms in total. The number of rotatable bonds is 3. The van der Waals surface area contributed by atoms with Crippen LogP contribution < -0.4 is 5.73 Å². The summed E-state index contributed by atoms with van der Waals surface area (Å²) in [6.45, 7) is 2.91. The lowest BCUT2D eigenvalue weighted by atomic mass is 10.1. The number of nitrogens with two attached hydrogens (primary N) is 1. The van der Waals surface area contributed by atoms with E-state index >= 15 is 0 Å². The van der Waals surface area contributed by atoms with Gasteiger partial charge in [0.05, 0.1) is 16.5 Å². The number of nitrogens with zero attached hydrogens (tertiary/aromatic N) is 1. The molecule has 0 unspecified atom stereocenters. The minimum atomic E-state index is -0.685. The fraction of sp³-hybridized carbons (Fsp3) is 0.500. The van der Waals surface area contributed by atoms with Crippen LogP contribution in [0.1, 0.15) is 25.7 Å². The molecular formula is C14H20Cl2N2O2. The highest BCUT2D eigenvalue weighted by Gasteiger charge is 2.10. The number of benzene rings is 1. The van der Waals surface area contributed by atoms with Crippen molar-refractivity contribution in [3.8, 4) is 0 Å². The van der Waals surface area contributed by atoms with Crippen LogP contribution in [0.2, 0.25) is 10.0 Å². The number of carbonyl (C=O) groups is 1. The quantitative estimate of drug-likeness (QED) is 0.837. The summed E-state index contributed by atoms with van der Waals surface area (Å²) in [6, 6.07) is 4.98. The largest absolute Gasteiger partial charge is 0.481 e. The number of nitrogen functional groups attached to an aromatic ring is 1. The molecule has 0 saturated carbocycles. The summed E-state index contributed by atoms with van der Waals surface area (Å²) >= 11 is 11.2. The number of carboxylic acid groups (broad SMARTS) is 1. The summed E-state index contributed by atoms with van der Waals surface area (Å²) in [5.74, 6) is -0.685. The van der Waals surface area contributed by atoms with Gasteiger partial charge in [-0.2, -0.15) is 0 Å². The van der Waals surface area contributed by atoms with Gasteiger partial charge in [0, 0.05) is 12.2 Å². The van der Waals surface area contributed by atoms with Crippen LogP contribution >= 0.6 is 23.2 Å². The average Bonchev–Trinajstić information content (AvgIpc) is 2.43. The lowest BCUT2D eigenvalue weighted by Gasteiger charge is -2.25. The molecule has 3 N–H and O–H groups in total. The molecule has 6 heteroatoms. The molecular weight excluding hydrogens is 299 g/mol. The predicted molar refractivity (Wildman–Crippen MR) is 83.4 cm³/mol. The highest BCUT2D eigenvalue weighted by molar-refractivity contribution is 6.42. The van der Waals surface area contributed by atoms with E-state index in [0.717, 1.165) is 19.6 Å². The zero-order valence-corrected chi connectivity index (χ0v) is 12.8. The Morgan fingerprint density at radius 1 is 1.20 bits per heavy atom. The maximum absolute atomic E-state index is 10.2. The smallest absolute Gasteiger partial charge is 0.304 e. The first-order valence-corrected chi connectivity index (χ1v) is 7.39. The van der Waals surface area contributed by atoms with Crippen LogP contribution in [0.15, 0.2) is 18.2 Å². The number of carboxylic acids is 1. The first kappa shape index (κ1) is 17.1. The van der Waals surface area contributed by atoms with Gasteiger partial charge in [0.2, 0.25) is 0 Å². The van der Waals surface area contributed by atoms with Crippen molar-refractivity contribution in [2.45, 2.75) is 25.7 Å². The third-order valence-electron chi connectivity index (χ3n) is 3.03. The summed E-state index contributed by atoms with van der Waals surface area (Å²) in [5.41, 5.74) is 6.01. The Morgan fingerprint density at radius 2 is 1.85 bits per heavy atom. The monoisotopic (exact) mass is 318 g/mol. The molecule has 0 radical (unpaired) electrons. The van der Waals surface area contributed by atoms with E-state index in [-0.39, 0.29) is 0 Å². The van der Waals surface area contributed by atoms with Gasteiger partial charge in [-0.05, 0) is 44.1 Å². The SMILES string of the molecule is Nc1ccc(Cl)c(Cl)c1.O=C(O)CCN1CCCCC1. The van der Waals surface area contributed by atoms with E-state index in [1.165, 1.54) is 19.3 Å². The lowest BCUT2D eigenvalue weighted by Crippen LogP contribution is -2.31. The van der Waals surface area contributed by atoms with Crippen molar-refractivity contribution < 1.29 is 9.90 Å². The summed E-state index contributed by atoms with van der Waals surface area (Å²) in [7, 11) is 0. The fourth-order valence-corrected chi connectivity index (χ4v) is 2.26. The van der Waals surface area contributed by atoms with Crippen LogP contribution in [0.25, 0.3) is 0 Å². The third-order valence-corrected chi connectivity index (χ3v) is 3.77. The maximum atomic E-state index is 10.2. The van der Waals surface area contributed by atoms with E-state index in [1.54, 1.807) is 18.2 Å². The molecule has 0 spiro atoms. The molecule has 0 aromatic heterocycles. The number of halogens is 2. The first-order chi connectivity index (χ1) is 9.49. The van der Waals surface area contributed by atoms with Crippen molar-refractivity contribution in [3.63, 3.8) is 0 Å². The van der Waals surface area contributed by atoms with Crippen molar-refractivity contribution in [2.24, 2.45) is 0 Å². The van der Waals surface area contributed by atoms with Crippen LogP contribution in [0.4, 0.5) is 5.69 Å². The zero-order chi connectivity index (χ0) is 15.0. The fourth-order valence-electron chi connectivity index (χ4n) is 1.95. The van der Waals surface area contributed by atoms with E-state index in [0.29, 0.717) is 22.2 Å². The lowest BCUT2D eigenvalue weighted by molar-refractivity contribution is -0.137. The molecule has 1 heterocycles. The molecule has 0 atom stereocenters. The molecule has 1 aromatic rings. The van der Waals surface area contributed by atoms with Crippen molar-refractivity contribution in [1.82, 2.24) is 4.90 Å². The Balaban J connectivity index is 0.000000204. The maximum Gasteiger partial charge on any atom is 0.304 e. The summed E-state index contributed by atoms with van der Waals surface area (Å²) < 4.78 is 0. The average molecular weight is 319 g/mol. The van der Waals surface area contributed by atoms with Crippen molar-refractivity contribution in [2.75, 3.05) is 25.4 Å². The topological polar surface area (TPSA) is 66.6 Å². The number of hydrogen-bond acceptors (Lipinski definition) is 3. The van der Waals surface area contributed by atoms with Gasteiger partial charge in [0.25, 0.3) is 0 Å². The highest BCUT2D eigenvalue weighted by atomic mass is 35.5. The molecule has 0 amide bonds. The number of piperidine rings is 1. The number of aliphatic carboxylic acids is 1. The Hall–Kier alpha value is -0.970. The molecule has 2 rings (SSSR count). The van der Waals surface area contributed by atoms with Gasteiger partial charge in [0.1, 0.15) is 0 Å². The van der Waals surface area contributed by atoms with E-state index in [9.17, 15) is 4.79 Å². The van der Waals surface area contributed by atoms with Crippen molar-refractivity contribution >= 4 is 34.9 Å². The van der Waals surface area contributed by atoms with Gasteiger partial charge in [-0.3, -0.25) is 4.79 Å². The van der Waals surface area contributed by atoms with Crippen LogP contribution in [-0.4, -0.2) is 35.6 Å². The Labute approximate surface area is 129 Å². The van der Waals surface area contributed by atoms with Crippen LogP contribution in [-0.2, 0) is 4.79 Å². The van der Waals surface area contributed by atoms with Gasteiger partial charge >= 0.3 is 5.97 Å². The molecule has 1 aromatic carbocycles. The molecule has 112 valence electrons. The van der Waals surface area contributed by atoms with Crippen LogP contribution in [0, 0.1) is 0 Å². The van der Waals surface area contributed by atoms with Crippen LogP contribution in [0.3, 0.4) is 0 Å². The third kappa shape index (κ3) is 6.98. The van der Waals surface area contributed by atoms with Gasteiger partial charge < -0.3 is 15.7 Å². The Morgan fingerprint density at radius 3 is 2.35 bits per heavy atom. The van der Waals surface area contributed by atoms with Crippen molar-refractivity contribution in [3.05, 3.63) is 28.2 Å². The second-order valence-electron chi connectivity index (χ2n) is 4.72. The van der Waals surface area contributed by atoms with Gasteiger partial charge in [0.15, 0.2) is 0 Å². The summed E-state index contributed by atoms with van der Waals surface area (Å²) in [5, 5.41) is 9.45. The van der Waals surface area contributed by atoms with E-state index in [2.05, 4.69) is 4.90 Å². The first-order valence-electron chi connectivity index (χ1n) is 6.63. The number of hydrogen-bond donors (Lipinski definition) is 2. The number of likely N-dealkylation sites (tertiary alicyclic amines) is 1. The normalized spacial score (nSPS) is 15.3. The molecule has 1 fully saturated rings. The highest BCUT2D eigenvalue weighted by Crippen LogP contribution is 2.23. The molecule has 1 aliphatic heterocycles. The Bertz CT molecular complexity index is 435. The Kier molecular flexibility index (Phi) is 7.73. The molecule has 1 saturated heterocycles. The van der Waals surface area contributed by atoms with E-state index in [1.807, 2.05) is 0 Å². The van der Waals surface area contributed by atoms with Gasteiger partial charge in [-0.1, -0.05) is 29.6 Å². The summed E-state index contributed by atoms with van der Waals surface area (Å²) in [6.07, 6.45) is 4.07. The van der Waals surface area contributed by atoms with Crippen LogP contribution in [0.5, 0.6) is 0 Å². The van der Waals surface area contributed by atoms with E-state index in [4.69, 9.17) is 34.0 Å². The van der Waals surface area contributed by atoms with Crippen molar-refractivity contribution in [1.29, 1.82) is 0 Å². The predicted octanol–water partition coefficient (Wildman–Crippen LogP) is 3.52. The summed E-state index contributed by atoms with van der Waals surface area (Å²) in [4.78, 5) is 12.4. The second-order valence-corrected chi connectivity index (χ2v) is 5.53. The minimum absolute atomic E-state index is 0.292. The van der Waals surface area contributed by atoms with Gasteiger partial charge in [-0.25, -0.2) is 0 Å². The minimum Gasteiger partial charge on any atom is -0.481 e. The zero-order valence-electron chi connectivity index (χ0n) is 11.3. The second kappa shape index (κ2) is 9.06. The molecule has 0 aliphatic carbocycles. The molecule has 20 heavy (non-hydrogen) atoms. The van der Waals surface area contributed by atoms with Gasteiger partial charge in [-0.15, -0.1) is 0 Å². The number of anilines is 1.